The minimum atomic E-state index is -0.203. The van der Waals surface area contributed by atoms with Crippen LogP contribution in [0.25, 0.3) is 0 Å². The highest BCUT2D eigenvalue weighted by atomic mass is 16.5. The average Bonchev–Trinajstić information content (AvgIpc) is 2.29. The van der Waals surface area contributed by atoms with E-state index in [1.165, 1.54) is 7.05 Å². The maximum atomic E-state index is 11.7. The summed E-state index contributed by atoms with van der Waals surface area (Å²) in [6, 6.07) is 9.90. The van der Waals surface area contributed by atoms with Gasteiger partial charge in [-0.1, -0.05) is 43.7 Å². The molecule has 0 aliphatic heterocycles. The summed E-state index contributed by atoms with van der Waals surface area (Å²) >= 11 is 0. The quantitative estimate of drug-likeness (QED) is 0.613. The van der Waals surface area contributed by atoms with Crippen molar-refractivity contribution in [3.8, 4) is 0 Å². The van der Waals surface area contributed by atoms with Crippen molar-refractivity contribution in [2.24, 2.45) is 5.92 Å². The van der Waals surface area contributed by atoms with Crippen LogP contribution < -0.4 is 0 Å². The van der Waals surface area contributed by atoms with E-state index in [9.17, 15) is 10.0 Å². The molecule has 1 N–H and O–H groups in total. The lowest BCUT2D eigenvalue weighted by Crippen LogP contribution is -2.31. The highest BCUT2D eigenvalue weighted by Crippen LogP contribution is 2.16. The van der Waals surface area contributed by atoms with E-state index in [0.29, 0.717) is 11.5 Å². The van der Waals surface area contributed by atoms with E-state index in [0.717, 1.165) is 18.4 Å². The maximum absolute atomic E-state index is 11.7. The van der Waals surface area contributed by atoms with E-state index in [1.807, 2.05) is 37.3 Å². The summed E-state index contributed by atoms with van der Waals surface area (Å²) in [5.74, 6) is -0.326. The minimum absolute atomic E-state index is 0.123. The number of hydroxylamine groups is 2. The Morgan fingerprint density at radius 2 is 2.00 bits per heavy atom. The number of benzene rings is 1. The van der Waals surface area contributed by atoms with Crippen LogP contribution in [-0.4, -0.2) is 23.2 Å². The molecule has 88 valence electrons. The molecule has 1 rings (SSSR count). The molecule has 0 aliphatic carbocycles. The molecule has 1 atom stereocenters. The fraction of sp³-hybridized carbons (Fsp3) is 0.462. The smallest absolute Gasteiger partial charge is 0.249 e. The molecule has 0 spiro atoms. The second-order valence-electron chi connectivity index (χ2n) is 4.04. The molecule has 0 heterocycles. The van der Waals surface area contributed by atoms with E-state index >= 15 is 0 Å². The summed E-state index contributed by atoms with van der Waals surface area (Å²) in [7, 11) is 1.38. The molecule has 0 bridgehead atoms. The zero-order chi connectivity index (χ0) is 12.0. The van der Waals surface area contributed by atoms with Gasteiger partial charge in [0.2, 0.25) is 5.91 Å². The first-order chi connectivity index (χ1) is 7.65. The molecule has 1 amide bonds. The first kappa shape index (κ1) is 12.7. The monoisotopic (exact) mass is 221 g/mol. The second-order valence-corrected chi connectivity index (χ2v) is 4.04. The number of hydrogen-bond acceptors (Lipinski definition) is 2. The Morgan fingerprint density at radius 1 is 1.38 bits per heavy atom. The van der Waals surface area contributed by atoms with E-state index in [-0.39, 0.29) is 11.8 Å². The molecule has 0 saturated carbocycles. The molecule has 1 unspecified atom stereocenters. The van der Waals surface area contributed by atoms with Crippen LogP contribution in [-0.2, 0) is 11.2 Å². The van der Waals surface area contributed by atoms with Gasteiger partial charge >= 0.3 is 0 Å². The van der Waals surface area contributed by atoms with E-state index < -0.39 is 0 Å². The Balaban J connectivity index is 2.68. The van der Waals surface area contributed by atoms with Crippen LogP contribution in [0.2, 0.25) is 0 Å². The number of amides is 1. The first-order valence-corrected chi connectivity index (χ1v) is 5.65. The van der Waals surface area contributed by atoms with Gasteiger partial charge < -0.3 is 0 Å². The Labute approximate surface area is 96.7 Å². The van der Waals surface area contributed by atoms with Crippen LogP contribution in [0.5, 0.6) is 0 Å². The molecule has 0 saturated heterocycles. The number of carbonyl (C=O) groups excluding carboxylic acids is 1. The fourth-order valence-corrected chi connectivity index (χ4v) is 1.82. The summed E-state index contributed by atoms with van der Waals surface area (Å²) < 4.78 is 0. The largest absolute Gasteiger partial charge is 0.286 e. The fourth-order valence-electron chi connectivity index (χ4n) is 1.82. The highest BCUT2D eigenvalue weighted by molar-refractivity contribution is 5.77. The maximum Gasteiger partial charge on any atom is 0.249 e. The number of rotatable bonds is 5. The molecule has 0 fully saturated rings. The lowest BCUT2D eigenvalue weighted by Gasteiger charge is -2.18. The van der Waals surface area contributed by atoms with Gasteiger partial charge in [-0.25, -0.2) is 5.06 Å². The first-order valence-electron chi connectivity index (χ1n) is 5.65. The zero-order valence-electron chi connectivity index (χ0n) is 9.89. The molecule has 3 heteroatoms. The van der Waals surface area contributed by atoms with Crippen LogP contribution in [0.15, 0.2) is 30.3 Å². The van der Waals surface area contributed by atoms with Crippen LogP contribution in [0.4, 0.5) is 0 Å². The molecule has 0 aromatic heterocycles. The minimum Gasteiger partial charge on any atom is -0.286 e. The topological polar surface area (TPSA) is 40.5 Å². The van der Waals surface area contributed by atoms with Gasteiger partial charge in [-0.3, -0.25) is 10.0 Å². The van der Waals surface area contributed by atoms with Crippen LogP contribution in [0, 0.1) is 5.92 Å². The van der Waals surface area contributed by atoms with E-state index in [1.54, 1.807) is 0 Å². The van der Waals surface area contributed by atoms with Gasteiger partial charge in [0, 0.05) is 13.0 Å². The SMILES string of the molecule is CCCC(Cc1ccccc1)C(=O)N(C)O. The molecular formula is C13H19NO2. The molecule has 1 aromatic carbocycles. The summed E-state index contributed by atoms with van der Waals surface area (Å²) in [6.07, 6.45) is 2.44. The highest BCUT2D eigenvalue weighted by Gasteiger charge is 2.20. The van der Waals surface area contributed by atoms with Crippen molar-refractivity contribution >= 4 is 5.91 Å². The summed E-state index contributed by atoms with van der Waals surface area (Å²) in [5.41, 5.74) is 1.14. The van der Waals surface area contributed by atoms with Crippen molar-refractivity contribution < 1.29 is 10.0 Å². The lowest BCUT2D eigenvalue weighted by atomic mass is 9.94. The van der Waals surface area contributed by atoms with Crippen LogP contribution in [0.1, 0.15) is 25.3 Å². The molecule has 0 radical (unpaired) electrons. The van der Waals surface area contributed by atoms with Gasteiger partial charge in [0.1, 0.15) is 0 Å². The zero-order valence-corrected chi connectivity index (χ0v) is 9.89. The number of carbonyl (C=O) groups is 1. The molecule has 0 aliphatic rings. The molecule has 16 heavy (non-hydrogen) atoms. The van der Waals surface area contributed by atoms with Crippen molar-refractivity contribution in [1.29, 1.82) is 0 Å². The van der Waals surface area contributed by atoms with Gasteiger partial charge in [0.15, 0.2) is 0 Å². The molecular weight excluding hydrogens is 202 g/mol. The number of hydrogen-bond donors (Lipinski definition) is 1. The standard InChI is InChI=1S/C13H19NO2/c1-3-7-12(13(15)14(2)16)10-11-8-5-4-6-9-11/h4-6,8-9,12,16H,3,7,10H2,1-2H3. The van der Waals surface area contributed by atoms with Crippen molar-refractivity contribution in [3.05, 3.63) is 35.9 Å². The van der Waals surface area contributed by atoms with Crippen LogP contribution in [0.3, 0.4) is 0 Å². The normalized spacial score (nSPS) is 12.2. The van der Waals surface area contributed by atoms with Crippen molar-refractivity contribution in [2.75, 3.05) is 7.05 Å². The van der Waals surface area contributed by atoms with E-state index in [2.05, 4.69) is 0 Å². The third kappa shape index (κ3) is 3.66. The summed E-state index contributed by atoms with van der Waals surface area (Å²) in [4.78, 5) is 11.7. The van der Waals surface area contributed by atoms with Gasteiger partial charge in [0.05, 0.1) is 0 Å². The summed E-state index contributed by atoms with van der Waals surface area (Å²) in [6.45, 7) is 2.04. The van der Waals surface area contributed by atoms with Crippen molar-refractivity contribution in [1.82, 2.24) is 5.06 Å². The van der Waals surface area contributed by atoms with Gasteiger partial charge in [-0.05, 0) is 18.4 Å². The molecule has 3 nitrogen and oxygen atoms in total. The summed E-state index contributed by atoms with van der Waals surface area (Å²) in [5, 5.41) is 9.88. The number of nitrogens with zero attached hydrogens (tertiary/aromatic N) is 1. The third-order valence-corrected chi connectivity index (χ3v) is 2.63. The predicted octanol–water partition coefficient (Wildman–Crippen LogP) is 2.49. The van der Waals surface area contributed by atoms with Gasteiger partial charge in [-0.2, -0.15) is 0 Å². The third-order valence-electron chi connectivity index (χ3n) is 2.63. The Morgan fingerprint density at radius 3 is 2.50 bits per heavy atom. The van der Waals surface area contributed by atoms with Crippen molar-refractivity contribution in [2.45, 2.75) is 26.2 Å². The molecule has 1 aromatic rings. The second kappa shape index (κ2) is 6.28. The Kier molecular flexibility index (Phi) is 4.99. The van der Waals surface area contributed by atoms with Gasteiger partial charge in [0.25, 0.3) is 0 Å². The van der Waals surface area contributed by atoms with E-state index in [4.69, 9.17) is 0 Å². The Bertz CT molecular complexity index is 322. The lowest BCUT2D eigenvalue weighted by molar-refractivity contribution is -0.164. The van der Waals surface area contributed by atoms with Gasteiger partial charge in [-0.15, -0.1) is 0 Å². The van der Waals surface area contributed by atoms with Crippen molar-refractivity contribution in [3.63, 3.8) is 0 Å². The average molecular weight is 221 g/mol. The van der Waals surface area contributed by atoms with Crippen LogP contribution >= 0.6 is 0 Å². The predicted molar refractivity (Wildman–Crippen MR) is 63.1 cm³/mol. The Hall–Kier alpha value is -1.35.